The average Bonchev–Trinajstić information content (AvgIpc) is 2.97. The molecule has 1 heterocycles. The predicted molar refractivity (Wildman–Crippen MR) is 83.9 cm³/mol. The van der Waals surface area contributed by atoms with Gasteiger partial charge in [0.15, 0.2) is 0 Å². The zero-order valence-electron chi connectivity index (χ0n) is 12.4. The van der Waals surface area contributed by atoms with Crippen molar-refractivity contribution < 1.29 is 14.6 Å². The van der Waals surface area contributed by atoms with E-state index in [0.29, 0.717) is 16.4 Å². The Morgan fingerprint density at radius 3 is 2.77 bits per heavy atom. The molecule has 118 valence electrons. The predicted octanol–water partition coefficient (Wildman–Crippen LogP) is 1.81. The average molecular weight is 324 g/mol. The van der Waals surface area contributed by atoms with Crippen molar-refractivity contribution in [3.8, 4) is 11.3 Å². The third kappa shape index (κ3) is 4.07. The van der Waals surface area contributed by atoms with Gasteiger partial charge in [-0.1, -0.05) is 23.7 Å². The largest absolute Gasteiger partial charge is 0.389 e. The molecule has 0 fully saturated rings. The Kier molecular flexibility index (Phi) is 5.54. The molecule has 0 saturated heterocycles. The number of halogens is 1. The minimum absolute atomic E-state index is 0.177. The molecule has 1 aromatic carbocycles. The van der Waals surface area contributed by atoms with Gasteiger partial charge in [0.05, 0.1) is 18.4 Å². The van der Waals surface area contributed by atoms with Crippen LogP contribution in [0, 0.1) is 0 Å². The number of aliphatic hydroxyl groups is 1. The van der Waals surface area contributed by atoms with Crippen LogP contribution < -0.4 is 0 Å². The van der Waals surface area contributed by atoms with E-state index in [1.165, 1.54) is 12.0 Å². The first kappa shape index (κ1) is 16.5. The topological polar surface area (TPSA) is 78.5 Å². The van der Waals surface area contributed by atoms with E-state index in [9.17, 15) is 9.90 Å². The molecule has 1 unspecified atom stereocenters. The second-order valence-electron chi connectivity index (χ2n) is 4.97. The van der Waals surface area contributed by atoms with Crippen molar-refractivity contribution >= 4 is 17.5 Å². The van der Waals surface area contributed by atoms with E-state index in [0.717, 1.165) is 5.56 Å². The van der Waals surface area contributed by atoms with E-state index in [4.69, 9.17) is 16.3 Å². The number of ether oxygens (including phenoxy) is 1. The smallest absolute Gasteiger partial charge is 0.271 e. The Labute approximate surface area is 133 Å². The third-order valence-corrected chi connectivity index (χ3v) is 3.39. The van der Waals surface area contributed by atoms with Crippen LogP contribution in [0.3, 0.4) is 0 Å². The molecule has 0 bridgehead atoms. The summed E-state index contributed by atoms with van der Waals surface area (Å²) in [6.07, 6.45) is -0.724. The summed E-state index contributed by atoms with van der Waals surface area (Å²) in [5, 5.41) is 17.2. The number of amides is 1. The lowest BCUT2D eigenvalue weighted by atomic mass is 10.1. The van der Waals surface area contributed by atoms with Crippen LogP contribution in [0.5, 0.6) is 0 Å². The SMILES string of the molecule is COCC(O)CN(C)C(=O)c1cc(-c2ccc(Cl)cc2)n[nH]1. The van der Waals surface area contributed by atoms with E-state index in [-0.39, 0.29) is 19.1 Å². The van der Waals surface area contributed by atoms with Crippen molar-refractivity contribution in [2.24, 2.45) is 0 Å². The molecule has 2 N–H and O–H groups in total. The van der Waals surface area contributed by atoms with E-state index in [2.05, 4.69) is 10.2 Å². The van der Waals surface area contributed by atoms with E-state index >= 15 is 0 Å². The monoisotopic (exact) mass is 323 g/mol. The molecule has 2 aromatic rings. The molecule has 0 aliphatic heterocycles. The summed E-state index contributed by atoms with van der Waals surface area (Å²) < 4.78 is 4.84. The summed E-state index contributed by atoms with van der Waals surface area (Å²) in [5.41, 5.74) is 1.88. The highest BCUT2D eigenvalue weighted by Gasteiger charge is 2.18. The molecular formula is C15H18ClN3O3. The Balaban J connectivity index is 2.07. The number of likely N-dealkylation sites (N-methyl/N-ethyl adjacent to an activating group) is 1. The summed E-state index contributed by atoms with van der Waals surface area (Å²) in [7, 11) is 3.11. The lowest BCUT2D eigenvalue weighted by Crippen LogP contribution is -2.36. The normalized spacial score (nSPS) is 12.2. The zero-order chi connectivity index (χ0) is 16.1. The molecular weight excluding hydrogens is 306 g/mol. The Morgan fingerprint density at radius 2 is 2.14 bits per heavy atom. The van der Waals surface area contributed by atoms with Crippen LogP contribution in [0.2, 0.25) is 5.02 Å². The van der Waals surface area contributed by atoms with Crippen LogP contribution in [0.25, 0.3) is 11.3 Å². The molecule has 1 atom stereocenters. The number of carbonyl (C=O) groups excluding carboxylic acids is 1. The fourth-order valence-corrected chi connectivity index (χ4v) is 2.18. The Morgan fingerprint density at radius 1 is 1.45 bits per heavy atom. The molecule has 7 heteroatoms. The second-order valence-corrected chi connectivity index (χ2v) is 5.41. The van der Waals surface area contributed by atoms with Gasteiger partial charge in [0.2, 0.25) is 0 Å². The van der Waals surface area contributed by atoms with Gasteiger partial charge in [-0.25, -0.2) is 0 Å². The van der Waals surface area contributed by atoms with Crippen molar-refractivity contribution in [1.29, 1.82) is 0 Å². The van der Waals surface area contributed by atoms with Crippen molar-refractivity contribution in [2.75, 3.05) is 27.3 Å². The third-order valence-electron chi connectivity index (χ3n) is 3.14. The molecule has 0 radical (unpaired) electrons. The minimum Gasteiger partial charge on any atom is -0.389 e. The van der Waals surface area contributed by atoms with Crippen molar-refractivity contribution in [1.82, 2.24) is 15.1 Å². The number of carbonyl (C=O) groups is 1. The lowest BCUT2D eigenvalue weighted by molar-refractivity contribution is 0.0378. The van der Waals surface area contributed by atoms with Crippen LogP contribution in [-0.4, -0.2) is 59.5 Å². The molecule has 6 nitrogen and oxygen atoms in total. The van der Waals surface area contributed by atoms with Crippen molar-refractivity contribution in [3.63, 3.8) is 0 Å². The summed E-state index contributed by atoms with van der Waals surface area (Å²) >= 11 is 5.85. The van der Waals surface area contributed by atoms with Crippen LogP contribution in [0.15, 0.2) is 30.3 Å². The summed E-state index contributed by atoms with van der Waals surface area (Å²) in [6, 6.07) is 8.86. The molecule has 22 heavy (non-hydrogen) atoms. The van der Waals surface area contributed by atoms with Crippen LogP contribution in [-0.2, 0) is 4.74 Å². The number of rotatable bonds is 6. The second kappa shape index (κ2) is 7.40. The highest BCUT2D eigenvalue weighted by Crippen LogP contribution is 2.20. The Bertz CT molecular complexity index is 627. The van der Waals surface area contributed by atoms with Gasteiger partial charge >= 0.3 is 0 Å². The maximum Gasteiger partial charge on any atom is 0.271 e. The minimum atomic E-state index is -0.724. The van der Waals surface area contributed by atoms with Gasteiger partial charge in [-0.2, -0.15) is 5.10 Å². The summed E-state index contributed by atoms with van der Waals surface area (Å²) in [4.78, 5) is 13.7. The zero-order valence-corrected chi connectivity index (χ0v) is 13.2. The highest BCUT2D eigenvalue weighted by atomic mass is 35.5. The van der Waals surface area contributed by atoms with Gasteiger partial charge < -0.3 is 14.7 Å². The summed E-state index contributed by atoms with van der Waals surface area (Å²) in [5.74, 6) is -0.247. The van der Waals surface area contributed by atoms with Gasteiger partial charge in [0.25, 0.3) is 5.91 Å². The van der Waals surface area contributed by atoms with Crippen LogP contribution in [0.4, 0.5) is 0 Å². The number of hydrogen-bond donors (Lipinski definition) is 2. The first-order chi connectivity index (χ1) is 10.5. The van der Waals surface area contributed by atoms with Gasteiger partial charge in [0.1, 0.15) is 5.69 Å². The number of H-pyrrole nitrogens is 1. The van der Waals surface area contributed by atoms with Crippen LogP contribution >= 0.6 is 11.6 Å². The summed E-state index contributed by atoms with van der Waals surface area (Å²) in [6.45, 7) is 0.360. The first-order valence-corrected chi connectivity index (χ1v) is 7.13. The van der Waals surface area contributed by atoms with E-state index in [1.807, 2.05) is 12.1 Å². The number of benzene rings is 1. The maximum absolute atomic E-state index is 12.3. The highest BCUT2D eigenvalue weighted by molar-refractivity contribution is 6.30. The van der Waals surface area contributed by atoms with Crippen LogP contribution in [0.1, 0.15) is 10.5 Å². The number of methoxy groups -OCH3 is 1. The number of aromatic nitrogens is 2. The maximum atomic E-state index is 12.3. The van der Waals surface area contributed by atoms with Crippen molar-refractivity contribution in [2.45, 2.75) is 6.10 Å². The fourth-order valence-electron chi connectivity index (χ4n) is 2.05. The van der Waals surface area contributed by atoms with Gasteiger partial charge in [0, 0.05) is 31.3 Å². The molecule has 0 aliphatic carbocycles. The molecule has 2 rings (SSSR count). The van der Waals surface area contributed by atoms with Gasteiger partial charge in [-0.05, 0) is 18.2 Å². The molecule has 1 aromatic heterocycles. The fraction of sp³-hybridized carbons (Fsp3) is 0.333. The number of nitrogens with one attached hydrogen (secondary N) is 1. The van der Waals surface area contributed by atoms with E-state index < -0.39 is 6.10 Å². The molecule has 0 saturated carbocycles. The number of hydrogen-bond acceptors (Lipinski definition) is 4. The number of aliphatic hydroxyl groups excluding tert-OH is 1. The lowest BCUT2D eigenvalue weighted by Gasteiger charge is -2.19. The Hall–Kier alpha value is -1.89. The van der Waals surface area contributed by atoms with Gasteiger partial charge in [-0.15, -0.1) is 0 Å². The molecule has 0 aliphatic rings. The standard InChI is InChI=1S/C15H18ClN3O3/c1-19(8-12(20)9-22-2)15(21)14-7-13(17-18-14)10-3-5-11(16)6-4-10/h3-7,12,20H,8-9H2,1-2H3,(H,17,18). The first-order valence-electron chi connectivity index (χ1n) is 6.75. The number of aromatic amines is 1. The quantitative estimate of drug-likeness (QED) is 0.850. The van der Waals surface area contributed by atoms with Gasteiger partial charge in [-0.3, -0.25) is 9.89 Å². The molecule has 0 spiro atoms. The number of nitrogens with zero attached hydrogens (tertiary/aromatic N) is 2. The molecule has 1 amide bonds. The van der Waals surface area contributed by atoms with E-state index in [1.54, 1.807) is 25.2 Å². The van der Waals surface area contributed by atoms with Crippen molar-refractivity contribution in [3.05, 3.63) is 41.0 Å².